The molecule has 0 atom stereocenters. The van der Waals surface area contributed by atoms with Crippen molar-refractivity contribution in [3.63, 3.8) is 0 Å². The van der Waals surface area contributed by atoms with Crippen LogP contribution >= 0.6 is 0 Å². The molecule has 1 aromatic rings. The lowest BCUT2D eigenvalue weighted by atomic mass is 10.1. The Morgan fingerprint density at radius 1 is 1.00 bits per heavy atom. The summed E-state index contributed by atoms with van der Waals surface area (Å²) in [5.74, 6) is 1.56. The molecule has 1 aromatic heterocycles. The van der Waals surface area contributed by atoms with Crippen molar-refractivity contribution in [1.82, 2.24) is 9.97 Å². The number of allylic oxidation sites excluding steroid dienone is 4. The summed E-state index contributed by atoms with van der Waals surface area (Å²) in [7, 11) is 0. The predicted octanol–water partition coefficient (Wildman–Crippen LogP) is 4.95. The summed E-state index contributed by atoms with van der Waals surface area (Å²) in [6.45, 7) is 3.00. The molecule has 114 valence electrons. The van der Waals surface area contributed by atoms with E-state index in [-0.39, 0.29) is 0 Å². The van der Waals surface area contributed by atoms with Gasteiger partial charge in [-0.2, -0.15) is 0 Å². The zero-order valence-corrected chi connectivity index (χ0v) is 13.1. The second kappa shape index (κ2) is 9.32. The van der Waals surface area contributed by atoms with E-state index < -0.39 is 0 Å². The Hall–Kier alpha value is -1.64. The zero-order valence-electron chi connectivity index (χ0n) is 13.1. The van der Waals surface area contributed by atoms with Crippen LogP contribution in [0.3, 0.4) is 0 Å². The fourth-order valence-corrected chi connectivity index (χ4v) is 2.39. The van der Waals surface area contributed by atoms with Crippen LogP contribution in [0.2, 0.25) is 0 Å². The molecule has 0 spiro atoms. The molecule has 0 aromatic carbocycles. The maximum absolute atomic E-state index is 5.69. The Morgan fingerprint density at radius 3 is 2.48 bits per heavy atom. The Kier molecular flexibility index (Phi) is 6.99. The van der Waals surface area contributed by atoms with E-state index in [2.05, 4.69) is 35.1 Å². The monoisotopic (exact) mass is 286 g/mol. The van der Waals surface area contributed by atoms with Crippen molar-refractivity contribution in [2.45, 2.75) is 58.3 Å². The third-order valence-electron chi connectivity index (χ3n) is 3.65. The van der Waals surface area contributed by atoms with Gasteiger partial charge in [-0.3, -0.25) is 0 Å². The molecular formula is C18H26N2O. The topological polar surface area (TPSA) is 35.0 Å². The summed E-state index contributed by atoms with van der Waals surface area (Å²) in [4.78, 5) is 8.77. The largest absolute Gasteiger partial charge is 0.490 e. The molecule has 0 saturated carbocycles. The number of unbranched alkanes of at least 4 members (excludes halogenated alkanes) is 5. The molecule has 0 bridgehead atoms. The maximum Gasteiger partial charge on any atom is 0.159 e. The first-order valence-electron chi connectivity index (χ1n) is 8.22. The summed E-state index contributed by atoms with van der Waals surface area (Å²) >= 11 is 0. The van der Waals surface area contributed by atoms with Crippen LogP contribution in [-0.2, 0) is 0 Å². The number of ether oxygens (including phenoxy) is 1. The summed E-state index contributed by atoms with van der Waals surface area (Å²) < 4.78 is 5.69. The molecule has 1 aliphatic carbocycles. The van der Waals surface area contributed by atoms with E-state index in [1.54, 1.807) is 12.4 Å². The smallest absolute Gasteiger partial charge is 0.159 e. The van der Waals surface area contributed by atoms with Gasteiger partial charge in [0.05, 0.1) is 19.0 Å². The van der Waals surface area contributed by atoms with Gasteiger partial charge in [-0.25, -0.2) is 9.97 Å². The molecule has 0 saturated heterocycles. The van der Waals surface area contributed by atoms with Crippen LogP contribution in [0.15, 0.2) is 30.6 Å². The highest BCUT2D eigenvalue weighted by atomic mass is 16.5. The highest BCUT2D eigenvalue weighted by Gasteiger charge is 2.04. The van der Waals surface area contributed by atoms with E-state index in [4.69, 9.17) is 4.74 Å². The third-order valence-corrected chi connectivity index (χ3v) is 3.65. The lowest BCUT2D eigenvalue weighted by Gasteiger charge is -2.08. The zero-order chi connectivity index (χ0) is 14.8. The number of rotatable bonds is 9. The van der Waals surface area contributed by atoms with Gasteiger partial charge in [-0.1, -0.05) is 57.3 Å². The standard InChI is InChI=1S/C18H26N2O/c1-2-3-4-5-6-10-13-21-17-14-19-18(20-15-17)16-11-8-7-9-12-16/h8,11-12,14-15H,2-7,9-10,13H2,1H3. The van der Waals surface area contributed by atoms with E-state index in [0.29, 0.717) is 0 Å². The van der Waals surface area contributed by atoms with Gasteiger partial charge in [0.2, 0.25) is 0 Å². The number of hydrogen-bond donors (Lipinski definition) is 0. The average Bonchev–Trinajstić information content (AvgIpc) is 2.55. The predicted molar refractivity (Wildman–Crippen MR) is 87.3 cm³/mol. The lowest BCUT2D eigenvalue weighted by Crippen LogP contribution is -2.00. The van der Waals surface area contributed by atoms with Crippen LogP contribution in [0.25, 0.3) is 5.57 Å². The molecule has 1 heterocycles. The van der Waals surface area contributed by atoms with Gasteiger partial charge in [0.1, 0.15) is 0 Å². The molecule has 2 rings (SSSR count). The molecular weight excluding hydrogens is 260 g/mol. The second-order valence-electron chi connectivity index (χ2n) is 5.50. The minimum absolute atomic E-state index is 0.761. The summed E-state index contributed by atoms with van der Waals surface area (Å²) in [6, 6.07) is 0. The molecule has 0 N–H and O–H groups in total. The van der Waals surface area contributed by atoms with E-state index in [9.17, 15) is 0 Å². The Labute approximate surface area is 128 Å². The van der Waals surface area contributed by atoms with E-state index >= 15 is 0 Å². The van der Waals surface area contributed by atoms with E-state index in [1.807, 2.05) is 0 Å². The van der Waals surface area contributed by atoms with Crippen LogP contribution in [-0.4, -0.2) is 16.6 Å². The van der Waals surface area contributed by atoms with Crippen molar-refractivity contribution in [2.24, 2.45) is 0 Å². The minimum atomic E-state index is 0.761. The van der Waals surface area contributed by atoms with E-state index in [1.165, 1.54) is 32.1 Å². The van der Waals surface area contributed by atoms with Gasteiger partial charge in [-0.15, -0.1) is 0 Å². The van der Waals surface area contributed by atoms with Crippen molar-refractivity contribution < 1.29 is 4.74 Å². The SMILES string of the molecule is CCCCCCCCOc1cnc(C2=CCCC=C2)nc1. The highest BCUT2D eigenvalue weighted by Crippen LogP contribution is 2.19. The number of aromatic nitrogens is 2. The van der Waals surface area contributed by atoms with Crippen molar-refractivity contribution in [3.8, 4) is 5.75 Å². The van der Waals surface area contributed by atoms with E-state index in [0.717, 1.165) is 43.0 Å². The van der Waals surface area contributed by atoms with Crippen molar-refractivity contribution >= 4 is 5.57 Å². The van der Waals surface area contributed by atoms with Crippen molar-refractivity contribution in [2.75, 3.05) is 6.61 Å². The van der Waals surface area contributed by atoms with Crippen LogP contribution in [0.4, 0.5) is 0 Å². The van der Waals surface area contributed by atoms with Crippen molar-refractivity contribution in [3.05, 3.63) is 36.4 Å². The molecule has 0 aliphatic heterocycles. The molecule has 21 heavy (non-hydrogen) atoms. The fourth-order valence-electron chi connectivity index (χ4n) is 2.39. The second-order valence-corrected chi connectivity index (χ2v) is 5.50. The van der Waals surface area contributed by atoms with Crippen LogP contribution in [0.1, 0.15) is 64.1 Å². The average molecular weight is 286 g/mol. The Bertz CT molecular complexity index is 463. The molecule has 0 fully saturated rings. The summed E-state index contributed by atoms with van der Waals surface area (Å²) in [5.41, 5.74) is 1.11. The first-order valence-corrected chi connectivity index (χ1v) is 8.22. The first kappa shape index (κ1) is 15.7. The van der Waals surface area contributed by atoms with Crippen molar-refractivity contribution in [1.29, 1.82) is 0 Å². The van der Waals surface area contributed by atoms with Gasteiger partial charge >= 0.3 is 0 Å². The Morgan fingerprint density at radius 2 is 1.76 bits per heavy atom. The van der Waals surface area contributed by atoms with Crippen LogP contribution in [0, 0.1) is 0 Å². The molecule has 0 unspecified atom stereocenters. The van der Waals surface area contributed by atoms with Gasteiger partial charge < -0.3 is 4.74 Å². The number of hydrogen-bond acceptors (Lipinski definition) is 3. The summed E-state index contributed by atoms with van der Waals surface area (Å²) in [5, 5.41) is 0. The lowest BCUT2D eigenvalue weighted by molar-refractivity contribution is 0.302. The van der Waals surface area contributed by atoms with Gasteiger partial charge in [0.15, 0.2) is 11.6 Å². The quantitative estimate of drug-likeness (QED) is 0.602. The first-order chi connectivity index (χ1) is 10.4. The molecule has 3 heteroatoms. The van der Waals surface area contributed by atoms with Gasteiger partial charge in [-0.05, 0) is 19.3 Å². The van der Waals surface area contributed by atoms with Crippen LogP contribution in [0.5, 0.6) is 5.75 Å². The van der Waals surface area contributed by atoms with Gasteiger partial charge in [0.25, 0.3) is 0 Å². The highest BCUT2D eigenvalue weighted by molar-refractivity contribution is 5.70. The van der Waals surface area contributed by atoms with Gasteiger partial charge in [0, 0.05) is 5.57 Å². The molecule has 1 aliphatic rings. The van der Waals surface area contributed by atoms with Crippen LogP contribution < -0.4 is 4.74 Å². The molecule has 3 nitrogen and oxygen atoms in total. The summed E-state index contributed by atoms with van der Waals surface area (Å²) in [6.07, 6.45) is 19.9. The molecule has 0 amide bonds. The Balaban J connectivity index is 1.68. The third kappa shape index (κ3) is 5.70. The number of nitrogens with zero attached hydrogens (tertiary/aromatic N) is 2. The maximum atomic E-state index is 5.69. The minimum Gasteiger partial charge on any atom is -0.490 e. The normalized spacial score (nSPS) is 14.0. The molecule has 0 radical (unpaired) electrons. The fraction of sp³-hybridized carbons (Fsp3) is 0.556.